The van der Waals surface area contributed by atoms with Gasteiger partial charge in [0.25, 0.3) is 0 Å². The van der Waals surface area contributed by atoms with Crippen LogP contribution in [0.5, 0.6) is 0 Å². The number of ketones is 1. The Morgan fingerprint density at radius 1 is 1.03 bits per heavy atom. The van der Waals surface area contributed by atoms with Crippen LogP contribution in [0.15, 0.2) is 42.5 Å². The molecule has 1 aromatic carbocycles. The Hall–Kier alpha value is -3.82. The predicted molar refractivity (Wildman–Crippen MR) is 116 cm³/mol. The number of carbonyl (C=O) groups excluding carboxylic acids is 5. The summed E-state index contributed by atoms with van der Waals surface area (Å²) in [4.78, 5) is 72.4. The fraction of sp³-hybridized carbons (Fsp3) is 0.391. The number of amides is 4. The summed E-state index contributed by atoms with van der Waals surface area (Å²) in [5.74, 6) is -6.70. The van der Waals surface area contributed by atoms with Crippen molar-refractivity contribution in [3.8, 4) is 0 Å². The fourth-order valence-corrected chi connectivity index (χ4v) is 3.55. The highest BCUT2D eigenvalue weighted by Crippen LogP contribution is 2.24. The van der Waals surface area contributed by atoms with Crippen LogP contribution < -0.4 is 16.0 Å². The van der Waals surface area contributed by atoms with Crippen LogP contribution in [-0.2, 0) is 28.8 Å². The third-order valence-electron chi connectivity index (χ3n) is 5.32. The number of benzene rings is 1. The first-order chi connectivity index (χ1) is 15.5. The number of imide groups is 1. The number of carbonyl (C=O) groups is 6. The number of aliphatic carboxylic acids is 1. The molecule has 10 heteroatoms. The Morgan fingerprint density at radius 3 is 2.18 bits per heavy atom. The van der Waals surface area contributed by atoms with Crippen molar-refractivity contribution in [3.63, 3.8) is 0 Å². The van der Waals surface area contributed by atoms with Gasteiger partial charge in [-0.05, 0) is 11.5 Å². The zero-order valence-corrected chi connectivity index (χ0v) is 18.5. The average molecular weight is 457 g/mol. The number of hydrogen-bond acceptors (Lipinski definition) is 6. The Morgan fingerprint density at radius 2 is 1.67 bits per heavy atom. The van der Waals surface area contributed by atoms with E-state index in [9.17, 15) is 28.8 Å². The van der Waals surface area contributed by atoms with Gasteiger partial charge < -0.3 is 15.7 Å². The zero-order valence-electron chi connectivity index (χ0n) is 18.5. The number of rotatable bonds is 10. The molecule has 1 aromatic rings. The second-order valence-corrected chi connectivity index (χ2v) is 8.16. The second-order valence-electron chi connectivity index (χ2n) is 8.16. The van der Waals surface area contributed by atoms with Gasteiger partial charge in [0.05, 0.1) is 24.4 Å². The first-order valence-corrected chi connectivity index (χ1v) is 10.5. The highest BCUT2D eigenvalue weighted by molar-refractivity contribution is 6.16. The van der Waals surface area contributed by atoms with Gasteiger partial charge in [0, 0.05) is 12.2 Å². The van der Waals surface area contributed by atoms with Gasteiger partial charge >= 0.3 is 5.97 Å². The summed E-state index contributed by atoms with van der Waals surface area (Å²) >= 11 is 0. The molecule has 1 aliphatic rings. The maximum absolute atomic E-state index is 13.0. The summed E-state index contributed by atoms with van der Waals surface area (Å²) < 4.78 is 0. The number of Topliss-reactive ketones (excluding diaryl/α,β-unsaturated/α-hetero) is 1. The molecule has 4 N–H and O–H groups in total. The monoisotopic (exact) mass is 457 g/mol. The lowest BCUT2D eigenvalue weighted by molar-refractivity contribution is -0.137. The number of hydrogen-bond donors (Lipinski definition) is 4. The normalized spacial score (nSPS) is 19.8. The Balaban J connectivity index is 2.17. The number of carboxylic acid groups (broad SMARTS) is 1. The Bertz CT molecular complexity index is 972. The van der Waals surface area contributed by atoms with Crippen molar-refractivity contribution in [2.45, 2.75) is 39.3 Å². The SMILES string of the molecule is CC(C)[C@H](NC(=O)C[C@H](NC(=O)/C=C/C(=O)O)c1ccccc1)C(=O)[C@@H]1C(=O)NC(=O)[C@H]1C. The second kappa shape index (κ2) is 11.2. The molecule has 0 bridgehead atoms. The minimum Gasteiger partial charge on any atom is -0.478 e. The summed E-state index contributed by atoms with van der Waals surface area (Å²) in [7, 11) is 0. The van der Waals surface area contributed by atoms with E-state index in [-0.39, 0.29) is 12.3 Å². The van der Waals surface area contributed by atoms with Crippen LogP contribution >= 0.6 is 0 Å². The summed E-state index contributed by atoms with van der Waals surface area (Å²) in [5, 5.41) is 16.0. The molecule has 1 heterocycles. The molecule has 1 saturated heterocycles. The van der Waals surface area contributed by atoms with E-state index in [0.29, 0.717) is 11.6 Å². The molecule has 1 fully saturated rings. The van der Waals surface area contributed by atoms with Crippen molar-refractivity contribution >= 4 is 35.4 Å². The van der Waals surface area contributed by atoms with Gasteiger partial charge in [-0.2, -0.15) is 0 Å². The van der Waals surface area contributed by atoms with E-state index in [4.69, 9.17) is 5.11 Å². The number of carboxylic acids is 1. The van der Waals surface area contributed by atoms with Crippen molar-refractivity contribution in [1.29, 1.82) is 0 Å². The Labute approximate surface area is 190 Å². The highest BCUT2D eigenvalue weighted by atomic mass is 16.4. The molecule has 0 radical (unpaired) electrons. The van der Waals surface area contributed by atoms with Gasteiger partial charge in [0.1, 0.15) is 5.92 Å². The quantitative estimate of drug-likeness (QED) is 0.226. The van der Waals surface area contributed by atoms with E-state index < -0.39 is 59.3 Å². The topological polar surface area (TPSA) is 159 Å². The fourth-order valence-electron chi connectivity index (χ4n) is 3.55. The molecule has 0 spiro atoms. The van der Waals surface area contributed by atoms with Gasteiger partial charge in [-0.1, -0.05) is 51.1 Å². The van der Waals surface area contributed by atoms with Gasteiger partial charge in [0.2, 0.25) is 23.6 Å². The smallest absolute Gasteiger partial charge is 0.328 e. The molecular weight excluding hydrogens is 430 g/mol. The Kier molecular flexibility index (Phi) is 8.61. The largest absolute Gasteiger partial charge is 0.478 e. The molecule has 1 aliphatic heterocycles. The van der Waals surface area contributed by atoms with E-state index in [2.05, 4.69) is 16.0 Å². The van der Waals surface area contributed by atoms with Crippen LogP contribution in [-0.4, -0.2) is 46.5 Å². The molecule has 2 rings (SSSR count). The summed E-state index contributed by atoms with van der Waals surface area (Å²) in [6.07, 6.45) is 1.28. The lowest BCUT2D eigenvalue weighted by Gasteiger charge is -2.25. The maximum atomic E-state index is 13.0. The zero-order chi connectivity index (χ0) is 24.7. The van der Waals surface area contributed by atoms with Gasteiger partial charge in [-0.15, -0.1) is 0 Å². The molecule has 0 saturated carbocycles. The van der Waals surface area contributed by atoms with Crippen molar-refractivity contribution in [2.75, 3.05) is 0 Å². The molecule has 33 heavy (non-hydrogen) atoms. The first-order valence-electron chi connectivity index (χ1n) is 10.5. The standard InChI is InChI=1S/C23H27N3O7/c1-12(2)20(21(31)19-13(3)22(32)26-23(19)33)25-17(28)11-15(14-7-5-4-6-8-14)24-16(27)9-10-18(29)30/h4-10,12-13,15,19-20H,11H2,1-3H3,(H,24,27)(H,25,28)(H,29,30)(H,26,32,33)/b10-9+/t13-,15-,19+,20-/m0/s1. The van der Waals surface area contributed by atoms with Gasteiger partial charge in [-0.3, -0.25) is 29.3 Å². The van der Waals surface area contributed by atoms with Crippen molar-refractivity contribution in [1.82, 2.24) is 16.0 Å². The molecule has 0 aromatic heterocycles. The van der Waals surface area contributed by atoms with Gasteiger partial charge in [0.15, 0.2) is 5.78 Å². The molecule has 0 aliphatic carbocycles. The van der Waals surface area contributed by atoms with E-state index in [1.807, 2.05) is 0 Å². The maximum Gasteiger partial charge on any atom is 0.328 e. The van der Waals surface area contributed by atoms with E-state index >= 15 is 0 Å². The summed E-state index contributed by atoms with van der Waals surface area (Å²) in [5.41, 5.74) is 0.603. The molecule has 0 unspecified atom stereocenters. The van der Waals surface area contributed by atoms with Crippen LogP contribution in [0, 0.1) is 17.8 Å². The van der Waals surface area contributed by atoms with Crippen LogP contribution in [0.4, 0.5) is 0 Å². The van der Waals surface area contributed by atoms with E-state index in [1.165, 1.54) is 6.92 Å². The van der Waals surface area contributed by atoms with Crippen LogP contribution in [0.2, 0.25) is 0 Å². The third-order valence-corrected chi connectivity index (χ3v) is 5.32. The number of nitrogens with one attached hydrogen (secondary N) is 3. The first kappa shape index (κ1) is 25.4. The molecule has 4 amide bonds. The highest BCUT2D eigenvalue weighted by Gasteiger charge is 2.46. The van der Waals surface area contributed by atoms with Crippen molar-refractivity contribution in [3.05, 3.63) is 48.0 Å². The average Bonchev–Trinajstić information content (AvgIpc) is 3.01. The van der Waals surface area contributed by atoms with Crippen molar-refractivity contribution in [2.24, 2.45) is 17.8 Å². The minimum atomic E-state index is -1.29. The third kappa shape index (κ3) is 6.83. The van der Waals surface area contributed by atoms with Gasteiger partial charge in [-0.25, -0.2) is 4.79 Å². The lowest BCUT2D eigenvalue weighted by atomic mass is 9.85. The molecule has 176 valence electrons. The molecular formula is C23H27N3O7. The van der Waals surface area contributed by atoms with Crippen molar-refractivity contribution < 1.29 is 33.9 Å². The minimum absolute atomic E-state index is 0.238. The van der Waals surface area contributed by atoms with Crippen LogP contribution in [0.3, 0.4) is 0 Å². The molecule has 10 nitrogen and oxygen atoms in total. The van der Waals surface area contributed by atoms with Crippen LogP contribution in [0.25, 0.3) is 0 Å². The molecule has 4 atom stereocenters. The predicted octanol–water partition coefficient (Wildman–Crippen LogP) is 0.493. The van der Waals surface area contributed by atoms with Crippen LogP contribution in [0.1, 0.15) is 38.8 Å². The van der Waals surface area contributed by atoms with E-state index in [1.54, 1.807) is 44.2 Å². The van der Waals surface area contributed by atoms with E-state index in [0.717, 1.165) is 6.08 Å². The summed E-state index contributed by atoms with van der Waals surface area (Å²) in [6.45, 7) is 4.89. The lowest BCUT2D eigenvalue weighted by Crippen LogP contribution is -2.49. The summed E-state index contributed by atoms with van der Waals surface area (Å²) in [6, 6.07) is 6.78.